The fourth-order valence-corrected chi connectivity index (χ4v) is 4.53. The van der Waals surface area contributed by atoms with Crippen molar-refractivity contribution in [2.45, 2.75) is 24.3 Å². The molecule has 0 radical (unpaired) electrons. The highest BCUT2D eigenvalue weighted by Gasteiger charge is 2.34. The molecule has 0 aliphatic carbocycles. The van der Waals surface area contributed by atoms with Crippen LogP contribution in [-0.4, -0.2) is 42.7 Å². The second kappa shape index (κ2) is 7.23. The molecule has 2 aromatic rings. The summed E-state index contributed by atoms with van der Waals surface area (Å²) in [5.41, 5.74) is 0.380. The lowest BCUT2D eigenvalue weighted by molar-refractivity contribution is 0.101. The standard InChI is InChI=1S/C17H17BrN2O4S/c1-12(21)13-4-2-5-15(10-13)25(22,23)20-9-7-14(11-20)24-17-16(18)6-3-8-19-17/h2-6,8,10,14H,7,9,11H2,1H3. The van der Waals surface area contributed by atoms with E-state index in [9.17, 15) is 13.2 Å². The number of carbonyl (C=O) groups is 1. The molecule has 1 fully saturated rings. The van der Waals surface area contributed by atoms with Crippen LogP contribution in [0, 0.1) is 0 Å². The summed E-state index contributed by atoms with van der Waals surface area (Å²) in [7, 11) is -3.66. The van der Waals surface area contributed by atoms with Crippen molar-refractivity contribution in [2.75, 3.05) is 13.1 Å². The van der Waals surface area contributed by atoms with Gasteiger partial charge in [0.05, 0.1) is 15.9 Å². The van der Waals surface area contributed by atoms with Gasteiger partial charge in [-0.25, -0.2) is 13.4 Å². The minimum atomic E-state index is -3.66. The number of Topliss-reactive ketones (excluding diaryl/α,β-unsaturated/α-hetero) is 1. The summed E-state index contributed by atoms with van der Waals surface area (Å²) >= 11 is 3.37. The molecule has 2 heterocycles. The van der Waals surface area contributed by atoms with E-state index in [0.717, 1.165) is 4.47 Å². The molecule has 0 amide bonds. The Hall–Kier alpha value is -1.77. The van der Waals surface area contributed by atoms with Crippen LogP contribution in [0.3, 0.4) is 0 Å². The molecule has 8 heteroatoms. The first-order chi connectivity index (χ1) is 11.9. The van der Waals surface area contributed by atoms with E-state index < -0.39 is 10.0 Å². The molecule has 1 aliphatic heterocycles. The lowest BCUT2D eigenvalue weighted by atomic mass is 10.2. The molecule has 0 N–H and O–H groups in total. The van der Waals surface area contributed by atoms with E-state index in [2.05, 4.69) is 20.9 Å². The third-order valence-electron chi connectivity index (χ3n) is 3.99. The smallest absolute Gasteiger partial charge is 0.243 e. The molecule has 0 spiro atoms. The normalized spacial score (nSPS) is 18.2. The predicted octanol–water partition coefficient (Wildman–Crippen LogP) is 2.89. The quantitative estimate of drug-likeness (QED) is 0.689. The molecule has 1 unspecified atom stereocenters. The van der Waals surface area contributed by atoms with Gasteiger partial charge < -0.3 is 4.74 Å². The van der Waals surface area contributed by atoms with E-state index in [1.807, 2.05) is 6.07 Å². The van der Waals surface area contributed by atoms with Crippen LogP contribution in [0.1, 0.15) is 23.7 Å². The SMILES string of the molecule is CC(=O)c1cccc(S(=O)(=O)N2CCC(Oc3ncccc3Br)C2)c1. The second-order valence-electron chi connectivity index (χ2n) is 5.77. The van der Waals surface area contributed by atoms with E-state index in [1.165, 1.54) is 23.4 Å². The van der Waals surface area contributed by atoms with Crippen LogP contribution in [0.15, 0.2) is 52.0 Å². The molecule has 1 aromatic carbocycles. The number of ketones is 1. The van der Waals surface area contributed by atoms with Crippen molar-refractivity contribution < 1.29 is 17.9 Å². The Morgan fingerprint density at radius 1 is 1.32 bits per heavy atom. The maximum Gasteiger partial charge on any atom is 0.243 e. The van der Waals surface area contributed by atoms with Crippen LogP contribution < -0.4 is 4.74 Å². The van der Waals surface area contributed by atoms with Crippen LogP contribution in [0.4, 0.5) is 0 Å². The summed E-state index contributed by atoms with van der Waals surface area (Å²) < 4.78 is 33.5. The van der Waals surface area contributed by atoms with Crippen molar-refractivity contribution >= 4 is 31.7 Å². The van der Waals surface area contributed by atoms with Gasteiger partial charge in [-0.2, -0.15) is 4.31 Å². The van der Waals surface area contributed by atoms with Crippen molar-refractivity contribution in [2.24, 2.45) is 0 Å². The molecular weight excluding hydrogens is 408 g/mol. The number of rotatable bonds is 5. The Balaban J connectivity index is 1.75. The van der Waals surface area contributed by atoms with Gasteiger partial charge in [0, 0.05) is 18.3 Å². The monoisotopic (exact) mass is 424 g/mol. The van der Waals surface area contributed by atoms with Crippen molar-refractivity contribution in [3.05, 3.63) is 52.6 Å². The van der Waals surface area contributed by atoms with E-state index in [0.29, 0.717) is 24.4 Å². The predicted molar refractivity (Wildman–Crippen MR) is 96.2 cm³/mol. The number of hydrogen-bond acceptors (Lipinski definition) is 5. The van der Waals surface area contributed by atoms with Gasteiger partial charge in [-0.3, -0.25) is 4.79 Å². The number of ether oxygens (including phenoxy) is 1. The number of halogens is 1. The minimum Gasteiger partial charge on any atom is -0.472 e. The maximum absolute atomic E-state index is 12.8. The topological polar surface area (TPSA) is 76.6 Å². The van der Waals surface area contributed by atoms with Gasteiger partial charge in [-0.15, -0.1) is 0 Å². The number of hydrogen-bond donors (Lipinski definition) is 0. The highest BCUT2D eigenvalue weighted by atomic mass is 79.9. The fraction of sp³-hybridized carbons (Fsp3) is 0.294. The number of pyridine rings is 1. The number of benzene rings is 1. The molecule has 0 bridgehead atoms. The van der Waals surface area contributed by atoms with Gasteiger partial charge in [0.1, 0.15) is 6.10 Å². The van der Waals surface area contributed by atoms with Crippen molar-refractivity contribution in [3.8, 4) is 5.88 Å². The Labute approximate surface area is 155 Å². The van der Waals surface area contributed by atoms with Crippen molar-refractivity contribution in [3.63, 3.8) is 0 Å². The summed E-state index contributed by atoms with van der Waals surface area (Å²) in [6.07, 6.45) is 1.93. The molecule has 1 aromatic heterocycles. The molecule has 25 heavy (non-hydrogen) atoms. The van der Waals surface area contributed by atoms with E-state index >= 15 is 0 Å². The summed E-state index contributed by atoms with van der Waals surface area (Å²) in [5, 5.41) is 0. The van der Waals surface area contributed by atoms with Gasteiger partial charge in [0.15, 0.2) is 5.78 Å². The van der Waals surface area contributed by atoms with Crippen LogP contribution in [0.25, 0.3) is 0 Å². The average Bonchev–Trinajstić information content (AvgIpc) is 3.06. The highest BCUT2D eigenvalue weighted by Crippen LogP contribution is 2.27. The lowest BCUT2D eigenvalue weighted by Gasteiger charge is -2.17. The zero-order valence-electron chi connectivity index (χ0n) is 13.6. The number of aromatic nitrogens is 1. The number of sulfonamides is 1. The molecular formula is C17H17BrN2O4S. The van der Waals surface area contributed by atoms with Crippen LogP contribution in [0.5, 0.6) is 5.88 Å². The van der Waals surface area contributed by atoms with Crippen LogP contribution in [-0.2, 0) is 10.0 Å². The Morgan fingerprint density at radius 3 is 2.84 bits per heavy atom. The Kier molecular flexibility index (Phi) is 5.21. The Morgan fingerprint density at radius 2 is 2.12 bits per heavy atom. The average molecular weight is 425 g/mol. The molecule has 1 aliphatic rings. The van der Waals surface area contributed by atoms with Gasteiger partial charge in [-0.05, 0) is 53.5 Å². The number of nitrogens with zero attached hydrogens (tertiary/aromatic N) is 2. The summed E-state index contributed by atoms with van der Waals surface area (Å²) in [6.45, 7) is 2.02. The first-order valence-electron chi connectivity index (χ1n) is 7.76. The van der Waals surface area contributed by atoms with Gasteiger partial charge >= 0.3 is 0 Å². The first-order valence-corrected chi connectivity index (χ1v) is 9.99. The lowest BCUT2D eigenvalue weighted by Crippen LogP contribution is -2.31. The summed E-state index contributed by atoms with van der Waals surface area (Å²) in [6, 6.07) is 9.71. The molecule has 3 rings (SSSR count). The van der Waals surface area contributed by atoms with Gasteiger partial charge in [0.2, 0.25) is 15.9 Å². The van der Waals surface area contributed by atoms with Gasteiger partial charge in [-0.1, -0.05) is 12.1 Å². The van der Waals surface area contributed by atoms with E-state index in [4.69, 9.17) is 4.74 Å². The van der Waals surface area contributed by atoms with E-state index in [-0.39, 0.29) is 23.3 Å². The molecule has 6 nitrogen and oxygen atoms in total. The first kappa shape index (κ1) is 18.0. The van der Waals surface area contributed by atoms with E-state index in [1.54, 1.807) is 24.4 Å². The third kappa shape index (κ3) is 3.91. The second-order valence-corrected chi connectivity index (χ2v) is 8.56. The van der Waals surface area contributed by atoms with Gasteiger partial charge in [0.25, 0.3) is 0 Å². The summed E-state index contributed by atoms with van der Waals surface area (Å²) in [5.74, 6) is 0.282. The molecule has 1 saturated heterocycles. The molecule has 1 atom stereocenters. The summed E-state index contributed by atoms with van der Waals surface area (Å²) in [4.78, 5) is 15.8. The number of carbonyl (C=O) groups excluding carboxylic acids is 1. The molecule has 0 saturated carbocycles. The minimum absolute atomic E-state index is 0.125. The zero-order chi connectivity index (χ0) is 18.0. The largest absolute Gasteiger partial charge is 0.472 e. The highest BCUT2D eigenvalue weighted by molar-refractivity contribution is 9.10. The Bertz CT molecular complexity index is 901. The third-order valence-corrected chi connectivity index (χ3v) is 6.45. The molecule has 132 valence electrons. The maximum atomic E-state index is 12.8. The van der Waals surface area contributed by atoms with Crippen LogP contribution in [0.2, 0.25) is 0 Å². The fourth-order valence-electron chi connectivity index (χ4n) is 2.65. The van der Waals surface area contributed by atoms with Crippen LogP contribution >= 0.6 is 15.9 Å². The van der Waals surface area contributed by atoms with Crippen molar-refractivity contribution in [1.29, 1.82) is 0 Å². The zero-order valence-corrected chi connectivity index (χ0v) is 16.0. The van der Waals surface area contributed by atoms with Crippen molar-refractivity contribution in [1.82, 2.24) is 9.29 Å².